The van der Waals surface area contributed by atoms with Crippen molar-refractivity contribution in [1.29, 1.82) is 0 Å². The number of carbonyl (C=O) groups is 1. The lowest BCUT2D eigenvalue weighted by molar-refractivity contribution is -0.121. The Bertz CT molecular complexity index is 519. The van der Waals surface area contributed by atoms with Gasteiger partial charge < -0.3 is 9.88 Å². The molecular formula is C12H13ClN2O. The summed E-state index contributed by atoms with van der Waals surface area (Å²) in [6.45, 7) is 2.91. The van der Waals surface area contributed by atoms with Gasteiger partial charge in [0.05, 0.1) is 0 Å². The summed E-state index contributed by atoms with van der Waals surface area (Å²) in [4.78, 5) is 11.5. The Morgan fingerprint density at radius 1 is 1.44 bits per heavy atom. The molecule has 0 aliphatic heterocycles. The van der Waals surface area contributed by atoms with Crippen molar-refractivity contribution >= 4 is 28.4 Å². The average Bonchev–Trinajstić information content (AvgIpc) is 2.61. The number of carbonyl (C=O) groups excluding carboxylic acids is 1. The number of rotatable bonds is 3. The van der Waals surface area contributed by atoms with Gasteiger partial charge in [0.2, 0.25) is 5.91 Å². The zero-order chi connectivity index (χ0) is 11.5. The second-order valence-corrected chi connectivity index (χ2v) is 4.04. The second-order valence-electron chi connectivity index (χ2n) is 3.60. The van der Waals surface area contributed by atoms with E-state index in [1.54, 1.807) is 0 Å². The molecule has 84 valence electrons. The van der Waals surface area contributed by atoms with E-state index in [9.17, 15) is 4.79 Å². The number of nitrogens with zero attached hydrogens (tertiary/aromatic N) is 1. The Kier molecular flexibility index (Phi) is 3.15. The Balaban J connectivity index is 2.28. The fourth-order valence-corrected chi connectivity index (χ4v) is 1.90. The lowest BCUT2D eigenvalue weighted by Crippen LogP contribution is -2.26. The first-order chi connectivity index (χ1) is 7.70. The number of aromatic nitrogens is 1. The number of hydrogen-bond acceptors (Lipinski definition) is 1. The van der Waals surface area contributed by atoms with Crippen molar-refractivity contribution in [2.75, 3.05) is 6.54 Å². The summed E-state index contributed by atoms with van der Waals surface area (Å²) in [5.41, 5.74) is 1.02. The molecule has 0 saturated carbocycles. The lowest BCUT2D eigenvalue weighted by Gasteiger charge is -2.05. The molecule has 2 aromatic rings. The van der Waals surface area contributed by atoms with Gasteiger partial charge in [-0.2, -0.15) is 0 Å². The molecule has 16 heavy (non-hydrogen) atoms. The van der Waals surface area contributed by atoms with Crippen LogP contribution in [0.5, 0.6) is 0 Å². The first-order valence-corrected chi connectivity index (χ1v) is 5.59. The largest absolute Gasteiger partial charge is 0.355 e. The maximum Gasteiger partial charge on any atom is 0.239 e. The predicted octanol–water partition coefficient (Wildman–Crippen LogP) is 2.43. The van der Waals surface area contributed by atoms with E-state index in [0.717, 1.165) is 10.9 Å². The molecule has 2 rings (SSSR count). The van der Waals surface area contributed by atoms with Crippen LogP contribution >= 0.6 is 11.6 Å². The molecule has 0 atom stereocenters. The lowest BCUT2D eigenvalue weighted by atomic mass is 10.2. The zero-order valence-corrected chi connectivity index (χ0v) is 9.79. The van der Waals surface area contributed by atoms with Crippen molar-refractivity contribution in [3.8, 4) is 0 Å². The first-order valence-electron chi connectivity index (χ1n) is 5.22. The standard InChI is InChI=1S/C12H13ClN2O/c1-2-14-12(16)8-15-6-5-9-7-10(13)3-4-11(9)15/h3-7H,2,8H2,1H3,(H,14,16). The minimum Gasteiger partial charge on any atom is -0.355 e. The van der Waals surface area contributed by atoms with E-state index in [4.69, 9.17) is 11.6 Å². The van der Waals surface area contributed by atoms with Gasteiger partial charge in [0.15, 0.2) is 0 Å². The van der Waals surface area contributed by atoms with Crippen molar-refractivity contribution in [3.63, 3.8) is 0 Å². The van der Waals surface area contributed by atoms with Gasteiger partial charge in [-0.15, -0.1) is 0 Å². The maximum absolute atomic E-state index is 11.5. The Morgan fingerprint density at radius 2 is 2.25 bits per heavy atom. The molecule has 0 unspecified atom stereocenters. The third-order valence-corrected chi connectivity index (χ3v) is 2.66. The first kappa shape index (κ1) is 11.0. The van der Waals surface area contributed by atoms with Gasteiger partial charge in [0, 0.05) is 28.7 Å². The van der Waals surface area contributed by atoms with Gasteiger partial charge in [0.25, 0.3) is 0 Å². The number of likely N-dealkylation sites (N-methyl/N-ethyl adjacent to an activating group) is 1. The van der Waals surface area contributed by atoms with Gasteiger partial charge in [-0.3, -0.25) is 4.79 Å². The molecule has 0 radical (unpaired) electrons. The van der Waals surface area contributed by atoms with E-state index in [1.165, 1.54) is 0 Å². The van der Waals surface area contributed by atoms with Crippen LogP contribution in [-0.2, 0) is 11.3 Å². The molecule has 1 N–H and O–H groups in total. The highest BCUT2D eigenvalue weighted by Gasteiger charge is 2.05. The summed E-state index contributed by atoms with van der Waals surface area (Å²) < 4.78 is 1.91. The van der Waals surface area contributed by atoms with Gasteiger partial charge in [0.1, 0.15) is 6.54 Å². The number of nitrogens with one attached hydrogen (secondary N) is 1. The van der Waals surface area contributed by atoms with Crippen LogP contribution in [0.1, 0.15) is 6.92 Å². The highest BCUT2D eigenvalue weighted by Crippen LogP contribution is 2.20. The van der Waals surface area contributed by atoms with Crippen LogP contribution in [0, 0.1) is 0 Å². The average molecular weight is 237 g/mol. The summed E-state index contributed by atoms with van der Waals surface area (Å²) in [5.74, 6) is 0.0231. The summed E-state index contributed by atoms with van der Waals surface area (Å²) in [7, 11) is 0. The predicted molar refractivity (Wildman–Crippen MR) is 65.6 cm³/mol. The molecule has 0 fully saturated rings. The highest BCUT2D eigenvalue weighted by atomic mass is 35.5. The van der Waals surface area contributed by atoms with Crippen LogP contribution in [0.2, 0.25) is 5.02 Å². The molecule has 0 aliphatic rings. The SMILES string of the molecule is CCNC(=O)Cn1ccc2cc(Cl)ccc21. The molecule has 0 spiro atoms. The van der Waals surface area contributed by atoms with Crippen LogP contribution in [0.25, 0.3) is 10.9 Å². The van der Waals surface area contributed by atoms with Gasteiger partial charge in [-0.05, 0) is 31.2 Å². The summed E-state index contributed by atoms with van der Waals surface area (Å²) in [6.07, 6.45) is 1.90. The molecule has 4 heteroatoms. The van der Waals surface area contributed by atoms with Crippen LogP contribution in [0.15, 0.2) is 30.5 Å². The summed E-state index contributed by atoms with van der Waals surface area (Å²) >= 11 is 5.89. The van der Waals surface area contributed by atoms with E-state index in [2.05, 4.69) is 5.32 Å². The molecule has 0 aliphatic carbocycles. The highest BCUT2D eigenvalue weighted by molar-refractivity contribution is 6.31. The third-order valence-electron chi connectivity index (χ3n) is 2.42. The molecule has 1 heterocycles. The molecule has 1 aromatic carbocycles. The van der Waals surface area contributed by atoms with Gasteiger partial charge >= 0.3 is 0 Å². The molecule has 1 aromatic heterocycles. The van der Waals surface area contributed by atoms with Crippen LogP contribution in [0.3, 0.4) is 0 Å². The van der Waals surface area contributed by atoms with Crippen molar-refractivity contribution in [2.24, 2.45) is 0 Å². The Morgan fingerprint density at radius 3 is 3.00 bits per heavy atom. The minimum atomic E-state index is 0.0231. The molecule has 1 amide bonds. The molecule has 0 saturated heterocycles. The van der Waals surface area contributed by atoms with Crippen LogP contribution < -0.4 is 5.32 Å². The number of fused-ring (bicyclic) bond motifs is 1. The van der Waals surface area contributed by atoms with Crippen molar-refractivity contribution in [1.82, 2.24) is 9.88 Å². The van der Waals surface area contributed by atoms with Crippen LogP contribution in [0.4, 0.5) is 0 Å². The van der Waals surface area contributed by atoms with Gasteiger partial charge in [-0.25, -0.2) is 0 Å². The molecular weight excluding hydrogens is 224 g/mol. The molecule has 3 nitrogen and oxygen atoms in total. The van der Waals surface area contributed by atoms with E-state index >= 15 is 0 Å². The maximum atomic E-state index is 11.5. The molecule has 0 bridgehead atoms. The third kappa shape index (κ3) is 2.19. The summed E-state index contributed by atoms with van der Waals surface area (Å²) in [5, 5.41) is 4.54. The minimum absolute atomic E-state index is 0.0231. The fraction of sp³-hybridized carbons (Fsp3) is 0.250. The van der Waals surface area contributed by atoms with E-state index in [-0.39, 0.29) is 5.91 Å². The Hall–Kier alpha value is -1.48. The van der Waals surface area contributed by atoms with Crippen LogP contribution in [-0.4, -0.2) is 17.0 Å². The van der Waals surface area contributed by atoms with Crippen molar-refractivity contribution < 1.29 is 4.79 Å². The topological polar surface area (TPSA) is 34.0 Å². The summed E-state index contributed by atoms with van der Waals surface area (Å²) in [6, 6.07) is 7.61. The quantitative estimate of drug-likeness (QED) is 0.873. The zero-order valence-electron chi connectivity index (χ0n) is 9.03. The van der Waals surface area contributed by atoms with E-state index < -0.39 is 0 Å². The number of halogens is 1. The smallest absolute Gasteiger partial charge is 0.239 e. The van der Waals surface area contributed by atoms with Gasteiger partial charge in [-0.1, -0.05) is 11.6 Å². The van der Waals surface area contributed by atoms with Crippen molar-refractivity contribution in [3.05, 3.63) is 35.5 Å². The van der Waals surface area contributed by atoms with Crippen molar-refractivity contribution in [2.45, 2.75) is 13.5 Å². The number of amides is 1. The van der Waals surface area contributed by atoms with E-state index in [0.29, 0.717) is 18.1 Å². The number of hydrogen-bond donors (Lipinski definition) is 1. The fourth-order valence-electron chi connectivity index (χ4n) is 1.72. The monoisotopic (exact) mass is 236 g/mol. The number of benzene rings is 1. The second kappa shape index (κ2) is 4.58. The normalized spacial score (nSPS) is 10.6. The Labute approximate surface area is 99.0 Å². The van der Waals surface area contributed by atoms with E-state index in [1.807, 2.05) is 42.0 Å².